The van der Waals surface area contributed by atoms with Crippen LogP contribution in [0.2, 0.25) is 0 Å². The maximum Gasteiger partial charge on any atom is 0.0933 e. The van der Waals surface area contributed by atoms with Crippen molar-refractivity contribution < 1.29 is 9.47 Å². The van der Waals surface area contributed by atoms with Crippen LogP contribution in [0.5, 0.6) is 0 Å². The van der Waals surface area contributed by atoms with Crippen molar-refractivity contribution in [2.75, 3.05) is 32.9 Å². The monoisotopic (exact) mass is 229 g/mol. The summed E-state index contributed by atoms with van der Waals surface area (Å²) in [6.07, 6.45) is 5.54. The minimum absolute atomic E-state index is 0.262. The lowest BCUT2D eigenvalue weighted by atomic mass is 9.99. The van der Waals surface area contributed by atoms with E-state index in [1.54, 1.807) is 0 Å². The minimum Gasteiger partial charge on any atom is -0.376 e. The average molecular weight is 229 g/mol. The summed E-state index contributed by atoms with van der Waals surface area (Å²) in [5, 5.41) is 3.51. The fraction of sp³-hybridized carbons (Fsp3) is 1.00. The van der Waals surface area contributed by atoms with Gasteiger partial charge in [-0.3, -0.25) is 0 Å². The van der Waals surface area contributed by atoms with Crippen LogP contribution in [0, 0.1) is 5.92 Å². The van der Waals surface area contributed by atoms with Gasteiger partial charge in [0.05, 0.1) is 25.9 Å². The van der Waals surface area contributed by atoms with Gasteiger partial charge in [-0.15, -0.1) is 0 Å². The second-order valence-electron chi connectivity index (χ2n) is 4.64. The molecule has 2 unspecified atom stereocenters. The molecule has 0 bridgehead atoms. The lowest BCUT2D eigenvalue weighted by Gasteiger charge is -2.24. The first-order chi connectivity index (χ1) is 7.86. The Bertz CT molecular complexity index is 158. The zero-order chi connectivity index (χ0) is 11.6. The largest absolute Gasteiger partial charge is 0.376 e. The molecule has 0 aromatic carbocycles. The zero-order valence-corrected chi connectivity index (χ0v) is 10.8. The van der Waals surface area contributed by atoms with E-state index in [2.05, 4.69) is 19.2 Å². The Labute approximate surface area is 99.9 Å². The Morgan fingerprint density at radius 3 is 2.81 bits per heavy atom. The smallest absolute Gasteiger partial charge is 0.0933 e. The molecular weight excluding hydrogens is 202 g/mol. The van der Waals surface area contributed by atoms with Crippen molar-refractivity contribution in [2.24, 2.45) is 5.92 Å². The molecule has 1 saturated heterocycles. The Balaban J connectivity index is 2.02. The highest BCUT2D eigenvalue weighted by Gasteiger charge is 2.14. The van der Waals surface area contributed by atoms with Crippen LogP contribution in [0.25, 0.3) is 0 Å². The van der Waals surface area contributed by atoms with Crippen LogP contribution in [0.1, 0.15) is 39.5 Å². The molecule has 0 aliphatic carbocycles. The van der Waals surface area contributed by atoms with Crippen LogP contribution in [0.3, 0.4) is 0 Å². The highest BCUT2D eigenvalue weighted by molar-refractivity contribution is 4.67. The van der Waals surface area contributed by atoms with E-state index in [4.69, 9.17) is 9.47 Å². The topological polar surface area (TPSA) is 30.5 Å². The number of hydrogen-bond donors (Lipinski definition) is 1. The SMILES string of the molecule is CCCCC(CC)CNCC1COCCO1. The van der Waals surface area contributed by atoms with Crippen LogP contribution in [0.4, 0.5) is 0 Å². The zero-order valence-electron chi connectivity index (χ0n) is 10.8. The summed E-state index contributed by atoms with van der Waals surface area (Å²) in [7, 11) is 0. The van der Waals surface area contributed by atoms with Crippen LogP contribution in [-0.2, 0) is 9.47 Å². The van der Waals surface area contributed by atoms with E-state index < -0.39 is 0 Å². The van der Waals surface area contributed by atoms with Gasteiger partial charge in [-0.2, -0.15) is 0 Å². The molecule has 3 nitrogen and oxygen atoms in total. The first kappa shape index (κ1) is 13.9. The molecule has 16 heavy (non-hydrogen) atoms. The second kappa shape index (κ2) is 8.97. The van der Waals surface area contributed by atoms with Gasteiger partial charge in [-0.25, -0.2) is 0 Å². The molecule has 1 heterocycles. The normalized spacial score (nSPS) is 23.2. The fourth-order valence-corrected chi connectivity index (χ4v) is 2.05. The number of unbranched alkanes of at least 4 members (excludes halogenated alkanes) is 1. The van der Waals surface area contributed by atoms with Crippen LogP contribution >= 0.6 is 0 Å². The number of hydrogen-bond acceptors (Lipinski definition) is 3. The molecule has 0 aromatic rings. The highest BCUT2D eigenvalue weighted by atomic mass is 16.6. The van der Waals surface area contributed by atoms with Crippen molar-refractivity contribution in [2.45, 2.75) is 45.6 Å². The van der Waals surface area contributed by atoms with Gasteiger partial charge >= 0.3 is 0 Å². The molecule has 0 radical (unpaired) electrons. The van der Waals surface area contributed by atoms with E-state index in [0.29, 0.717) is 0 Å². The van der Waals surface area contributed by atoms with Crippen molar-refractivity contribution in [1.82, 2.24) is 5.32 Å². The third-order valence-corrected chi connectivity index (χ3v) is 3.23. The Morgan fingerprint density at radius 1 is 1.31 bits per heavy atom. The van der Waals surface area contributed by atoms with Gasteiger partial charge in [0.15, 0.2) is 0 Å². The first-order valence-electron chi connectivity index (χ1n) is 6.76. The maximum absolute atomic E-state index is 5.59. The fourth-order valence-electron chi connectivity index (χ4n) is 2.05. The number of nitrogens with one attached hydrogen (secondary N) is 1. The number of ether oxygens (including phenoxy) is 2. The van der Waals surface area contributed by atoms with Crippen molar-refractivity contribution >= 4 is 0 Å². The molecule has 0 spiro atoms. The predicted molar refractivity (Wildman–Crippen MR) is 66.7 cm³/mol. The van der Waals surface area contributed by atoms with E-state index in [0.717, 1.165) is 38.8 Å². The molecule has 1 N–H and O–H groups in total. The van der Waals surface area contributed by atoms with E-state index >= 15 is 0 Å². The molecule has 1 aliphatic heterocycles. The van der Waals surface area contributed by atoms with Gasteiger partial charge in [0.1, 0.15) is 0 Å². The molecule has 0 aromatic heterocycles. The molecular formula is C13H27NO2. The Hall–Kier alpha value is -0.120. The Kier molecular flexibility index (Phi) is 7.81. The summed E-state index contributed by atoms with van der Waals surface area (Å²) in [5.41, 5.74) is 0. The molecule has 2 atom stereocenters. The quantitative estimate of drug-likeness (QED) is 0.692. The molecule has 0 saturated carbocycles. The summed E-state index contributed by atoms with van der Waals surface area (Å²) in [6.45, 7) is 8.84. The van der Waals surface area contributed by atoms with Crippen LogP contribution in [0.15, 0.2) is 0 Å². The summed E-state index contributed by atoms with van der Waals surface area (Å²) in [6, 6.07) is 0. The van der Waals surface area contributed by atoms with Gasteiger partial charge in [-0.05, 0) is 18.9 Å². The van der Waals surface area contributed by atoms with E-state index in [1.807, 2.05) is 0 Å². The maximum atomic E-state index is 5.59. The highest BCUT2D eigenvalue weighted by Crippen LogP contribution is 2.11. The van der Waals surface area contributed by atoms with E-state index in [-0.39, 0.29) is 6.10 Å². The van der Waals surface area contributed by atoms with Gasteiger partial charge < -0.3 is 14.8 Å². The molecule has 96 valence electrons. The van der Waals surface area contributed by atoms with E-state index in [1.165, 1.54) is 25.7 Å². The van der Waals surface area contributed by atoms with Crippen LogP contribution < -0.4 is 5.32 Å². The lowest BCUT2D eigenvalue weighted by molar-refractivity contribution is -0.0865. The molecule has 0 amide bonds. The minimum atomic E-state index is 0.262. The predicted octanol–water partition coefficient (Wildman–Crippen LogP) is 2.21. The second-order valence-corrected chi connectivity index (χ2v) is 4.64. The Morgan fingerprint density at radius 2 is 2.19 bits per heavy atom. The van der Waals surface area contributed by atoms with Crippen LogP contribution in [-0.4, -0.2) is 39.0 Å². The molecule has 1 fully saturated rings. The number of rotatable bonds is 8. The third kappa shape index (κ3) is 5.83. The van der Waals surface area contributed by atoms with Crippen molar-refractivity contribution in [3.8, 4) is 0 Å². The van der Waals surface area contributed by atoms with Gasteiger partial charge in [0.25, 0.3) is 0 Å². The molecule has 1 aliphatic rings. The molecule has 1 rings (SSSR count). The van der Waals surface area contributed by atoms with Gasteiger partial charge in [0, 0.05) is 6.54 Å². The van der Waals surface area contributed by atoms with E-state index in [9.17, 15) is 0 Å². The first-order valence-corrected chi connectivity index (χ1v) is 6.76. The average Bonchev–Trinajstić information content (AvgIpc) is 2.35. The summed E-state index contributed by atoms with van der Waals surface area (Å²) in [5.74, 6) is 0.824. The third-order valence-electron chi connectivity index (χ3n) is 3.23. The summed E-state index contributed by atoms with van der Waals surface area (Å²) < 4.78 is 11.0. The summed E-state index contributed by atoms with van der Waals surface area (Å²) >= 11 is 0. The van der Waals surface area contributed by atoms with Gasteiger partial charge in [-0.1, -0.05) is 33.1 Å². The standard InChI is InChI=1S/C13H27NO2/c1-3-5-6-12(4-2)9-14-10-13-11-15-7-8-16-13/h12-14H,3-11H2,1-2H3. The van der Waals surface area contributed by atoms with Crippen molar-refractivity contribution in [1.29, 1.82) is 0 Å². The van der Waals surface area contributed by atoms with Crippen molar-refractivity contribution in [3.63, 3.8) is 0 Å². The lowest BCUT2D eigenvalue weighted by Crippen LogP contribution is -2.38. The van der Waals surface area contributed by atoms with Gasteiger partial charge in [0.2, 0.25) is 0 Å². The van der Waals surface area contributed by atoms with Crippen molar-refractivity contribution in [3.05, 3.63) is 0 Å². The summed E-state index contributed by atoms with van der Waals surface area (Å²) in [4.78, 5) is 0. The molecule has 3 heteroatoms.